The van der Waals surface area contributed by atoms with Gasteiger partial charge in [0.25, 0.3) is 0 Å². The van der Waals surface area contributed by atoms with Gasteiger partial charge in [-0.1, -0.05) is 0 Å². The maximum Gasteiger partial charge on any atom is 0.0951 e. The minimum Gasteiger partial charge on any atom is -0.330 e. The molecular formula is C11H19N3. The lowest BCUT2D eigenvalue weighted by molar-refractivity contribution is 0.415. The lowest BCUT2D eigenvalue weighted by Gasteiger charge is -2.20. The molecule has 14 heavy (non-hydrogen) atoms. The zero-order chi connectivity index (χ0) is 10.2. The minimum absolute atomic E-state index is 0.179. The van der Waals surface area contributed by atoms with Crippen molar-refractivity contribution in [2.24, 2.45) is 0 Å². The number of nitrogens with zero attached hydrogens (tertiary/aromatic N) is 2. The van der Waals surface area contributed by atoms with Crippen LogP contribution in [0.1, 0.15) is 45.3 Å². The number of imidazole rings is 1. The summed E-state index contributed by atoms with van der Waals surface area (Å²) in [5, 5.41) is 3.49. The van der Waals surface area contributed by atoms with Crippen molar-refractivity contribution >= 4 is 0 Å². The largest absolute Gasteiger partial charge is 0.330 e. The topological polar surface area (TPSA) is 29.9 Å². The molecule has 1 aliphatic carbocycles. The highest BCUT2D eigenvalue weighted by Crippen LogP contribution is 2.35. The SMILES string of the molecule is CC(C)(C)NCc1cncn1C1CC1. The molecule has 0 unspecified atom stereocenters. The summed E-state index contributed by atoms with van der Waals surface area (Å²) in [6.45, 7) is 7.47. The zero-order valence-corrected chi connectivity index (χ0v) is 9.25. The molecule has 0 atom stereocenters. The quantitative estimate of drug-likeness (QED) is 0.796. The molecule has 1 aliphatic rings. The number of hydrogen-bond acceptors (Lipinski definition) is 2. The van der Waals surface area contributed by atoms with Crippen LogP contribution >= 0.6 is 0 Å². The molecule has 0 saturated heterocycles. The Morgan fingerprint density at radius 2 is 2.21 bits per heavy atom. The molecule has 0 aromatic carbocycles. The molecule has 0 radical (unpaired) electrons. The fourth-order valence-corrected chi connectivity index (χ4v) is 1.51. The molecule has 2 rings (SSSR count). The Morgan fingerprint density at radius 1 is 1.50 bits per heavy atom. The fourth-order valence-electron chi connectivity index (χ4n) is 1.51. The van der Waals surface area contributed by atoms with Crippen molar-refractivity contribution in [2.75, 3.05) is 0 Å². The van der Waals surface area contributed by atoms with Gasteiger partial charge in [0.1, 0.15) is 0 Å². The normalized spacial score (nSPS) is 17.4. The first-order chi connectivity index (χ1) is 6.56. The smallest absolute Gasteiger partial charge is 0.0951 e. The Morgan fingerprint density at radius 3 is 2.79 bits per heavy atom. The molecule has 0 spiro atoms. The van der Waals surface area contributed by atoms with E-state index in [-0.39, 0.29) is 5.54 Å². The van der Waals surface area contributed by atoms with Crippen LogP contribution in [0, 0.1) is 0 Å². The molecule has 1 aromatic rings. The molecule has 3 nitrogen and oxygen atoms in total. The molecule has 1 aromatic heterocycles. The van der Waals surface area contributed by atoms with E-state index in [9.17, 15) is 0 Å². The summed E-state index contributed by atoms with van der Waals surface area (Å²) in [6, 6.07) is 0.731. The van der Waals surface area contributed by atoms with Gasteiger partial charge in [-0.15, -0.1) is 0 Å². The third kappa shape index (κ3) is 2.35. The molecule has 0 amide bonds. The average Bonchev–Trinajstić information content (AvgIpc) is 2.81. The Bertz CT molecular complexity index is 305. The van der Waals surface area contributed by atoms with Crippen LogP contribution in [0.15, 0.2) is 12.5 Å². The van der Waals surface area contributed by atoms with Crippen LogP contribution in [0.2, 0.25) is 0 Å². The van der Waals surface area contributed by atoms with Crippen molar-refractivity contribution in [2.45, 2.75) is 51.7 Å². The van der Waals surface area contributed by atoms with Gasteiger partial charge in [-0.25, -0.2) is 4.98 Å². The second-order valence-electron chi connectivity index (χ2n) is 5.13. The highest BCUT2D eigenvalue weighted by atomic mass is 15.1. The van der Waals surface area contributed by atoms with Crippen LogP contribution in [0.5, 0.6) is 0 Å². The summed E-state index contributed by atoms with van der Waals surface area (Å²) < 4.78 is 2.30. The number of nitrogens with one attached hydrogen (secondary N) is 1. The van der Waals surface area contributed by atoms with Crippen molar-refractivity contribution in [3.05, 3.63) is 18.2 Å². The Hall–Kier alpha value is -0.830. The van der Waals surface area contributed by atoms with Gasteiger partial charge in [-0.2, -0.15) is 0 Å². The zero-order valence-electron chi connectivity index (χ0n) is 9.25. The van der Waals surface area contributed by atoms with Gasteiger partial charge in [0.2, 0.25) is 0 Å². The maximum absolute atomic E-state index is 4.21. The monoisotopic (exact) mass is 193 g/mol. The maximum atomic E-state index is 4.21. The average molecular weight is 193 g/mol. The molecule has 78 valence electrons. The number of rotatable bonds is 3. The number of hydrogen-bond donors (Lipinski definition) is 1. The van der Waals surface area contributed by atoms with Crippen molar-refractivity contribution < 1.29 is 0 Å². The van der Waals surface area contributed by atoms with E-state index >= 15 is 0 Å². The second-order valence-corrected chi connectivity index (χ2v) is 5.13. The highest BCUT2D eigenvalue weighted by molar-refractivity contribution is 5.03. The van der Waals surface area contributed by atoms with Gasteiger partial charge in [0.05, 0.1) is 12.0 Å². The van der Waals surface area contributed by atoms with Crippen molar-refractivity contribution in [1.29, 1.82) is 0 Å². The van der Waals surface area contributed by atoms with Crippen LogP contribution in [0.25, 0.3) is 0 Å². The van der Waals surface area contributed by atoms with Crippen molar-refractivity contribution in [1.82, 2.24) is 14.9 Å². The molecule has 1 heterocycles. The van der Waals surface area contributed by atoms with Gasteiger partial charge in [-0.3, -0.25) is 0 Å². The molecule has 1 fully saturated rings. The highest BCUT2D eigenvalue weighted by Gasteiger charge is 2.25. The lowest BCUT2D eigenvalue weighted by Crippen LogP contribution is -2.35. The molecular weight excluding hydrogens is 174 g/mol. The molecule has 0 bridgehead atoms. The fraction of sp³-hybridized carbons (Fsp3) is 0.727. The molecule has 0 aliphatic heterocycles. The Labute approximate surface area is 85.5 Å². The summed E-state index contributed by atoms with van der Waals surface area (Å²) in [7, 11) is 0. The van der Waals surface area contributed by atoms with Crippen molar-refractivity contribution in [3.8, 4) is 0 Å². The summed E-state index contributed by atoms with van der Waals surface area (Å²) >= 11 is 0. The lowest BCUT2D eigenvalue weighted by atomic mass is 10.1. The van der Waals surface area contributed by atoms with Crippen LogP contribution in [0.3, 0.4) is 0 Å². The van der Waals surface area contributed by atoms with E-state index in [0.29, 0.717) is 0 Å². The van der Waals surface area contributed by atoms with Gasteiger partial charge in [-0.05, 0) is 33.6 Å². The molecule has 3 heteroatoms. The predicted molar refractivity (Wildman–Crippen MR) is 57.1 cm³/mol. The third-order valence-corrected chi connectivity index (χ3v) is 2.49. The van der Waals surface area contributed by atoms with Gasteiger partial charge in [0.15, 0.2) is 0 Å². The summed E-state index contributed by atoms with van der Waals surface area (Å²) in [6.07, 6.45) is 6.56. The van der Waals surface area contributed by atoms with Gasteiger partial charge in [0, 0.05) is 24.3 Å². The van der Waals surface area contributed by atoms with Crippen LogP contribution in [0.4, 0.5) is 0 Å². The van der Waals surface area contributed by atoms with E-state index in [1.807, 2.05) is 12.5 Å². The van der Waals surface area contributed by atoms with E-state index in [1.54, 1.807) is 0 Å². The Balaban J connectivity index is 1.98. The summed E-state index contributed by atoms with van der Waals surface area (Å²) in [4.78, 5) is 4.21. The van der Waals surface area contributed by atoms with E-state index in [2.05, 4.69) is 35.6 Å². The first-order valence-electron chi connectivity index (χ1n) is 5.32. The van der Waals surface area contributed by atoms with E-state index < -0.39 is 0 Å². The van der Waals surface area contributed by atoms with Gasteiger partial charge < -0.3 is 9.88 Å². The third-order valence-electron chi connectivity index (χ3n) is 2.49. The molecule has 1 saturated carbocycles. The van der Waals surface area contributed by atoms with E-state index in [0.717, 1.165) is 12.6 Å². The van der Waals surface area contributed by atoms with Crippen LogP contribution in [-0.2, 0) is 6.54 Å². The minimum atomic E-state index is 0.179. The van der Waals surface area contributed by atoms with Gasteiger partial charge >= 0.3 is 0 Å². The predicted octanol–water partition coefficient (Wildman–Crippen LogP) is 2.11. The first kappa shape index (κ1) is 9.71. The Kier molecular flexibility index (Phi) is 2.35. The summed E-state index contributed by atoms with van der Waals surface area (Å²) in [5.41, 5.74) is 1.49. The first-order valence-corrected chi connectivity index (χ1v) is 5.32. The van der Waals surface area contributed by atoms with Crippen LogP contribution in [-0.4, -0.2) is 15.1 Å². The van der Waals surface area contributed by atoms with Crippen LogP contribution < -0.4 is 5.32 Å². The number of aromatic nitrogens is 2. The second kappa shape index (κ2) is 3.39. The summed E-state index contributed by atoms with van der Waals surface area (Å²) in [5.74, 6) is 0. The van der Waals surface area contributed by atoms with E-state index in [1.165, 1.54) is 18.5 Å². The van der Waals surface area contributed by atoms with Crippen molar-refractivity contribution in [3.63, 3.8) is 0 Å². The standard InChI is InChI=1S/C11H19N3/c1-11(2,3)13-7-10-6-12-8-14(10)9-4-5-9/h6,8-9,13H,4-5,7H2,1-3H3. The molecule has 1 N–H and O–H groups in total. The van der Waals surface area contributed by atoms with E-state index in [4.69, 9.17) is 0 Å².